The van der Waals surface area contributed by atoms with Crippen molar-refractivity contribution < 1.29 is 19.1 Å². The Balaban J connectivity index is 2.08. The molecule has 0 unspecified atom stereocenters. The van der Waals surface area contributed by atoms with Gasteiger partial charge in [0.2, 0.25) is 0 Å². The monoisotopic (exact) mass is 344 g/mol. The molecule has 1 aromatic heterocycles. The third-order valence-corrected chi connectivity index (χ3v) is 4.18. The SMILES string of the molecule is COc1cccc(CCNC(=O)c2c(C)[nH]c(C(C)=O)c2C)c1OC. The van der Waals surface area contributed by atoms with E-state index in [9.17, 15) is 9.59 Å². The van der Waals surface area contributed by atoms with E-state index >= 15 is 0 Å². The van der Waals surface area contributed by atoms with Crippen molar-refractivity contribution in [3.8, 4) is 11.5 Å². The van der Waals surface area contributed by atoms with Crippen LogP contribution in [0.5, 0.6) is 11.5 Å². The summed E-state index contributed by atoms with van der Waals surface area (Å²) in [7, 11) is 3.18. The Kier molecular flexibility index (Phi) is 5.85. The minimum atomic E-state index is -0.194. The largest absolute Gasteiger partial charge is 0.493 e. The zero-order chi connectivity index (χ0) is 18.6. The van der Waals surface area contributed by atoms with Crippen molar-refractivity contribution >= 4 is 11.7 Å². The lowest BCUT2D eigenvalue weighted by Gasteiger charge is -2.13. The number of rotatable bonds is 7. The fraction of sp³-hybridized carbons (Fsp3) is 0.368. The van der Waals surface area contributed by atoms with Crippen molar-refractivity contribution in [1.29, 1.82) is 0 Å². The molecule has 0 spiro atoms. The van der Waals surface area contributed by atoms with Crippen LogP contribution >= 0.6 is 0 Å². The summed E-state index contributed by atoms with van der Waals surface area (Å²) >= 11 is 0. The second-order valence-electron chi connectivity index (χ2n) is 5.84. The van der Waals surface area contributed by atoms with Gasteiger partial charge < -0.3 is 19.8 Å². The Morgan fingerprint density at radius 2 is 1.88 bits per heavy atom. The van der Waals surface area contributed by atoms with Gasteiger partial charge in [0.05, 0.1) is 25.5 Å². The van der Waals surface area contributed by atoms with E-state index in [4.69, 9.17) is 9.47 Å². The van der Waals surface area contributed by atoms with Crippen LogP contribution in [0, 0.1) is 13.8 Å². The number of ether oxygens (including phenoxy) is 2. The summed E-state index contributed by atoms with van der Waals surface area (Å²) in [6.45, 7) is 5.50. The molecule has 0 radical (unpaired) electrons. The maximum absolute atomic E-state index is 12.5. The highest BCUT2D eigenvalue weighted by molar-refractivity contribution is 6.02. The summed E-state index contributed by atoms with van der Waals surface area (Å²) in [4.78, 5) is 27.1. The van der Waals surface area contributed by atoms with Gasteiger partial charge in [-0.25, -0.2) is 0 Å². The van der Waals surface area contributed by atoms with E-state index in [2.05, 4.69) is 10.3 Å². The van der Waals surface area contributed by atoms with E-state index in [1.165, 1.54) is 6.92 Å². The highest BCUT2D eigenvalue weighted by Gasteiger charge is 2.20. The molecule has 134 valence electrons. The summed E-state index contributed by atoms with van der Waals surface area (Å²) in [5.41, 5.74) is 3.34. The van der Waals surface area contributed by atoms with Crippen LogP contribution in [0.2, 0.25) is 0 Å². The molecule has 0 fully saturated rings. The van der Waals surface area contributed by atoms with Crippen molar-refractivity contribution in [3.05, 3.63) is 46.3 Å². The first-order chi connectivity index (χ1) is 11.9. The molecule has 6 nitrogen and oxygen atoms in total. The van der Waals surface area contributed by atoms with Crippen LogP contribution in [0.15, 0.2) is 18.2 Å². The number of aromatic amines is 1. The van der Waals surface area contributed by atoms with Gasteiger partial charge in [-0.3, -0.25) is 9.59 Å². The standard InChI is InChI=1S/C19H24N2O4/c1-11-16(12(2)21-17(11)13(3)22)19(23)20-10-9-14-7-6-8-15(24-4)18(14)25-5/h6-8,21H,9-10H2,1-5H3,(H,20,23). The number of carbonyl (C=O) groups excluding carboxylic acids is 2. The highest BCUT2D eigenvalue weighted by Crippen LogP contribution is 2.30. The van der Waals surface area contributed by atoms with E-state index in [0.717, 1.165) is 5.56 Å². The topological polar surface area (TPSA) is 80.4 Å². The summed E-state index contributed by atoms with van der Waals surface area (Å²) in [6, 6.07) is 5.66. The maximum atomic E-state index is 12.5. The van der Waals surface area contributed by atoms with Gasteiger partial charge in [-0.2, -0.15) is 0 Å². The normalized spacial score (nSPS) is 10.4. The van der Waals surface area contributed by atoms with E-state index < -0.39 is 0 Å². The average Bonchev–Trinajstić information content (AvgIpc) is 2.89. The number of amides is 1. The number of nitrogens with one attached hydrogen (secondary N) is 2. The molecule has 0 saturated heterocycles. The summed E-state index contributed by atoms with van der Waals surface area (Å²) in [5, 5.41) is 2.90. The van der Waals surface area contributed by atoms with Crippen molar-refractivity contribution in [2.45, 2.75) is 27.2 Å². The van der Waals surface area contributed by atoms with Gasteiger partial charge in [0, 0.05) is 19.2 Å². The summed E-state index contributed by atoms with van der Waals surface area (Å²) in [5.74, 6) is 1.06. The third-order valence-electron chi connectivity index (χ3n) is 4.18. The number of hydrogen-bond acceptors (Lipinski definition) is 4. The minimum Gasteiger partial charge on any atom is -0.493 e. The fourth-order valence-corrected chi connectivity index (χ4v) is 2.99. The van der Waals surface area contributed by atoms with Crippen LogP contribution in [-0.4, -0.2) is 37.4 Å². The number of para-hydroxylation sites is 1. The molecule has 0 atom stereocenters. The first kappa shape index (κ1) is 18.6. The molecule has 0 aliphatic rings. The van der Waals surface area contributed by atoms with Crippen LogP contribution < -0.4 is 14.8 Å². The molecule has 1 aromatic carbocycles. The lowest BCUT2D eigenvalue weighted by Crippen LogP contribution is -2.26. The number of Topliss-reactive ketones (excluding diaryl/α,β-unsaturated/α-hetero) is 1. The highest BCUT2D eigenvalue weighted by atomic mass is 16.5. The first-order valence-corrected chi connectivity index (χ1v) is 8.08. The molecule has 0 bridgehead atoms. The number of aryl methyl sites for hydroxylation is 1. The van der Waals surface area contributed by atoms with Gasteiger partial charge >= 0.3 is 0 Å². The lowest BCUT2D eigenvalue weighted by molar-refractivity contribution is 0.0952. The molecule has 25 heavy (non-hydrogen) atoms. The predicted octanol–water partition coefficient (Wildman–Crippen LogP) is 2.82. The Hall–Kier alpha value is -2.76. The van der Waals surface area contributed by atoms with Crippen molar-refractivity contribution in [2.24, 2.45) is 0 Å². The molecular weight excluding hydrogens is 320 g/mol. The van der Waals surface area contributed by atoms with E-state index in [0.29, 0.717) is 47.0 Å². The van der Waals surface area contributed by atoms with Gasteiger partial charge in [-0.1, -0.05) is 12.1 Å². The minimum absolute atomic E-state index is 0.0826. The summed E-state index contributed by atoms with van der Waals surface area (Å²) in [6.07, 6.45) is 0.605. The second-order valence-corrected chi connectivity index (χ2v) is 5.84. The van der Waals surface area contributed by atoms with Crippen LogP contribution in [0.25, 0.3) is 0 Å². The Morgan fingerprint density at radius 1 is 1.16 bits per heavy atom. The quantitative estimate of drug-likeness (QED) is 0.757. The number of hydrogen-bond donors (Lipinski definition) is 2. The first-order valence-electron chi connectivity index (χ1n) is 8.08. The van der Waals surface area contributed by atoms with Crippen LogP contribution in [0.1, 0.15) is 44.6 Å². The van der Waals surface area contributed by atoms with Crippen LogP contribution in [0.4, 0.5) is 0 Å². The Labute approximate surface area is 147 Å². The van der Waals surface area contributed by atoms with Crippen LogP contribution in [0.3, 0.4) is 0 Å². The van der Waals surface area contributed by atoms with Crippen molar-refractivity contribution in [1.82, 2.24) is 10.3 Å². The lowest BCUT2D eigenvalue weighted by atomic mass is 10.1. The van der Waals surface area contributed by atoms with Crippen molar-refractivity contribution in [2.75, 3.05) is 20.8 Å². The molecule has 6 heteroatoms. The Morgan fingerprint density at radius 3 is 2.44 bits per heavy atom. The molecule has 0 saturated carbocycles. The number of benzene rings is 1. The zero-order valence-corrected chi connectivity index (χ0v) is 15.3. The van der Waals surface area contributed by atoms with E-state index in [-0.39, 0.29) is 11.7 Å². The molecule has 2 N–H and O–H groups in total. The summed E-state index contributed by atoms with van der Waals surface area (Å²) < 4.78 is 10.7. The molecule has 1 heterocycles. The molecule has 0 aliphatic carbocycles. The number of ketones is 1. The number of methoxy groups -OCH3 is 2. The van der Waals surface area contributed by atoms with Crippen molar-refractivity contribution in [3.63, 3.8) is 0 Å². The second kappa shape index (κ2) is 7.88. The molecule has 1 amide bonds. The van der Waals surface area contributed by atoms with E-state index in [1.807, 2.05) is 18.2 Å². The van der Waals surface area contributed by atoms with Gasteiger partial charge in [0.25, 0.3) is 5.91 Å². The smallest absolute Gasteiger partial charge is 0.253 e. The third kappa shape index (κ3) is 3.84. The molecule has 0 aliphatic heterocycles. The number of aromatic nitrogens is 1. The maximum Gasteiger partial charge on any atom is 0.253 e. The van der Waals surface area contributed by atoms with E-state index in [1.54, 1.807) is 28.1 Å². The van der Waals surface area contributed by atoms with Gasteiger partial charge in [0.15, 0.2) is 17.3 Å². The number of H-pyrrole nitrogens is 1. The predicted molar refractivity (Wildman–Crippen MR) is 95.9 cm³/mol. The van der Waals surface area contributed by atoms with Gasteiger partial charge in [-0.15, -0.1) is 0 Å². The average molecular weight is 344 g/mol. The number of carbonyl (C=O) groups is 2. The zero-order valence-electron chi connectivity index (χ0n) is 15.3. The molecular formula is C19H24N2O4. The van der Waals surface area contributed by atoms with Gasteiger partial charge in [-0.05, 0) is 37.5 Å². The molecule has 2 rings (SSSR count). The van der Waals surface area contributed by atoms with Crippen LogP contribution in [-0.2, 0) is 6.42 Å². The van der Waals surface area contributed by atoms with Gasteiger partial charge in [0.1, 0.15) is 0 Å². The molecule has 2 aromatic rings. The fourth-order valence-electron chi connectivity index (χ4n) is 2.99. The Bertz CT molecular complexity index is 793.